The Morgan fingerprint density at radius 1 is 1.33 bits per heavy atom. The molecule has 0 aliphatic carbocycles. The van der Waals surface area contributed by atoms with Gasteiger partial charge >= 0.3 is 5.97 Å². The number of carbonyl (C=O) groups excluding carboxylic acids is 2. The molecule has 21 heavy (non-hydrogen) atoms. The summed E-state index contributed by atoms with van der Waals surface area (Å²) in [5, 5.41) is 9.46. The van der Waals surface area contributed by atoms with Crippen molar-refractivity contribution in [1.82, 2.24) is 10.2 Å². The highest BCUT2D eigenvalue weighted by Gasteiger charge is 2.30. The third kappa shape index (κ3) is 3.57. The lowest BCUT2D eigenvalue weighted by atomic mass is 10.1. The van der Waals surface area contributed by atoms with Crippen LogP contribution < -0.4 is 5.32 Å². The molecular weight excluding hydrogens is 304 g/mol. The van der Waals surface area contributed by atoms with E-state index in [1.165, 1.54) is 5.51 Å². The van der Waals surface area contributed by atoms with Gasteiger partial charge in [0, 0.05) is 6.92 Å². The summed E-state index contributed by atoms with van der Waals surface area (Å²) in [7, 11) is 0. The number of benzene rings is 1. The molecule has 0 bridgehead atoms. The Balaban J connectivity index is 2.34. The molecule has 110 valence electrons. The summed E-state index contributed by atoms with van der Waals surface area (Å²) in [6.45, 7) is 1.03. The van der Waals surface area contributed by atoms with Gasteiger partial charge < -0.3 is 4.74 Å². The number of esters is 1. The molecule has 1 heterocycles. The van der Waals surface area contributed by atoms with Crippen LogP contribution in [-0.4, -0.2) is 22.1 Å². The Kier molecular flexibility index (Phi) is 4.53. The number of nitrogens with one attached hydrogen (secondary N) is 1. The molecule has 1 aromatic heterocycles. The van der Waals surface area contributed by atoms with Gasteiger partial charge in [-0.3, -0.25) is 14.9 Å². The highest BCUT2D eigenvalue weighted by molar-refractivity contribution is 7.13. The van der Waals surface area contributed by atoms with Crippen molar-refractivity contribution in [3.05, 3.63) is 40.9 Å². The second-order valence-corrected chi connectivity index (χ2v) is 4.69. The van der Waals surface area contributed by atoms with Crippen LogP contribution in [0.1, 0.15) is 18.6 Å². The molecule has 2 aromatic rings. The molecule has 9 heteroatoms. The van der Waals surface area contributed by atoms with Crippen molar-refractivity contribution in [2.45, 2.75) is 13.0 Å². The molecule has 0 saturated heterocycles. The first-order valence-electron chi connectivity index (χ1n) is 5.67. The third-order valence-electron chi connectivity index (χ3n) is 2.37. The minimum atomic E-state index is -1.76. The van der Waals surface area contributed by atoms with Gasteiger partial charge in [-0.1, -0.05) is 17.4 Å². The maximum absolute atomic E-state index is 13.8. The Hall–Kier alpha value is -2.42. The van der Waals surface area contributed by atoms with Crippen LogP contribution in [0.5, 0.6) is 0 Å². The van der Waals surface area contributed by atoms with Gasteiger partial charge in [0.25, 0.3) is 5.91 Å². The van der Waals surface area contributed by atoms with Crippen molar-refractivity contribution in [2.24, 2.45) is 0 Å². The van der Waals surface area contributed by atoms with E-state index in [2.05, 4.69) is 15.5 Å². The number of aromatic nitrogens is 2. The first-order chi connectivity index (χ1) is 9.99. The molecule has 6 nitrogen and oxygen atoms in total. The lowest BCUT2D eigenvalue weighted by Crippen LogP contribution is -2.26. The summed E-state index contributed by atoms with van der Waals surface area (Å²) in [4.78, 5) is 23.2. The summed E-state index contributed by atoms with van der Waals surface area (Å²) in [5.41, 5.74) is 0.717. The second kappa shape index (κ2) is 6.35. The predicted molar refractivity (Wildman–Crippen MR) is 69.4 cm³/mol. The minimum Gasteiger partial charge on any atom is -0.447 e. The van der Waals surface area contributed by atoms with E-state index in [4.69, 9.17) is 4.74 Å². The van der Waals surface area contributed by atoms with Crippen LogP contribution in [0, 0.1) is 11.6 Å². The highest BCUT2D eigenvalue weighted by atomic mass is 32.1. The van der Waals surface area contributed by atoms with Crippen LogP contribution in [0.4, 0.5) is 13.9 Å². The number of nitrogens with zero attached hydrogens (tertiary/aromatic N) is 2. The number of rotatable bonds is 4. The standard InChI is InChI=1S/C12H9F2N3O3S/c1-6(18)20-10(9-7(13)3-2-4-8(9)14)11(19)16-12-17-15-5-21-12/h2-5,10H,1H3,(H,16,17,19)/t10-/m1/s1. The van der Waals surface area contributed by atoms with Gasteiger partial charge in [-0.15, -0.1) is 10.2 Å². The maximum Gasteiger partial charge on any atom is 0.303 e. The van der Waals surface area contributed by atoms with Crippen molar-refractivity contribution in [3.8, 4) is 0 Å². The fourth-order valence-electron chi connectivity index (χ4n) is 1.57. The van der Waals surface area contributed by atoms with Gasteiger partial charge in [0.05, 0.1) is 5.56 Å². The van der Waals surface area contributed by atoms with Crippen LogP contribution >= 0.6 is 11.3 Å². The number of amides is 1. The molecule has 1 atom stereocenters. The van der Waals surface area contributed by atoms with Crippen LogP contribution in [-0.2, 0) is 14.3 Å². The molecule has 1 N–H and O–H groups in total. The van der Waals surface area contributed by atoms with Gasteiger partial charge in [-0.2, -0.15) is 0 Å². The van der Waals surface area contributed by atoms with Crippen LogP contribution in [0.2, 0.25) is 0 Å². The first kappa shape index (κ1) is 15.0. The number of carbonyl (C=O) groups is 2. The Bertz CT molecular complexity index is 644. The van der Waals surface area contributed by atoms with E-state index in [0.717, 1.165) is 36.5 Å². The molecule has 1 amide bonds. The number of hydrogen-bond acceptors (Lipinski definition) is 6. The SMILES string of the molecule is CC(=O)O[C@@H](C(=O)Nc1nncs1)c1c(F)cccc1F. The number of ether oxygens (including phenoxy) is 1. The normalized spacial score (nSPS) is 11.8. The molecule has 2 rings (SSSR count). The predicted octanol–water partition coefficient (Wildman–Crippen LogP) is 2.06. The van der Waals surface area contributed by atoms with Crippen LogP contribution in [0.15, 0.2) is 23.7 Å². The number of anilines is 1. The summed E-state index contributed by atoms with van der Waals surface area (Å²) < 4.78 is 32.2. The van der Waals surface area contributed by atoms with E-state index in [9.17, 15) is 18.4 Å². The van der Waals surface area contributed by atoms with Gasteiger partial charge in [0.15, 0.2) is 0 Å². The molecule has 0 spiro atoms. The third-order valence-corrected chi connectivity index (χ3v) is 2.98. The molecule has 0 unspecified atom stereocenters. The van der Waals surface area contributed by atoms with E-state index < -0.39 is 35.2 Å². The second-order valence-electron chi connectivity index (χ2n) is 3.86. The van der Waals surface area contributed by atoms with Crippen LogP contribution in [0.25, 0.3) is 0 Å². The largest absolute Gasteiger partial charge is 0.447 e. The van der Waals surface area contributed by atoms with Crippen molar-refractivity contribution < 1.29 is 23.1 Å². The summed E-state index contributed by atoms with van der Waals surface area (Å²) in [6.07, 6.45) is -1.76. The zero-order valence-corrected chi connectivity index (χ0v) is 11.5. The maximum atomic E-state index is 13.8. The smallest absolute Gasteiger partial charge is 0.303 e. The van der Waals surface area contributed by atoms with Gasteiger partial charge in [0.2, 0.25) is 11.2 Å². The Morgan fingerprint density at radius 2 is 2.00 bits per heavy atom. The fraction of sp³-hybridized carbons (Fsp3) is 0.167. The van der Waals surface area contributed by atoms with Crippen molar-refractivity contribution in [1.29, 1.82) is 0 Å². The molecule has 0 aliphatic rings. The lowest BCUT2D eigenvalue weighted by Gasteiger charge is -2.17. The van der Waals surface area contributed by atoms with E-state index in [0.29, 0.717) is 0 Å². The molecule has 0 saturated carbocycles. The van der Waals surface area contributed by atoms with Crippen molar-refractivity contribution in [3.63, 3.8) is 0 Å². The Morgan fingerprint density at radius 3 is 2.52 bits per heavy atom. The van der Waals surface area contributed by atoms with E-state index in [-0.39, 0.29) is 5.13 Å². The van der Waals surface area contributed by atoms with Crippen molar-refractivity contribution in [2.75, 3.05) is 5.32 Å². The summed E-state index contributed by atoms with van der Waals surface area (Å²) >= 11 is 1.01. The molecule has 0 fully saturated rings. The molecule has 1 aromatic carbocycles. The van der Waals surface area contributed by atoms with Gasteiger partial charge in [-0.05, 0) is 12.1 Å². The fourth-order valence-corrected chi connectivity index (χ4v) is 2.02. The topological polar surface area (TPSA) is 81.2 Å². The monoisotopic (exact) mass is 313 g/mol. The quantitative estimate of drug-likeness (QED) is 0.874. The average Bonchev–Trinajstić information content (AvgIpc) is 2.89. The lowest BCUT2D eigenvalue weighted by molar-refractivity contribution is -0.152. The van der Waals surface area contributed by atoms with Crippen molar-refractivity contribution >= 4 is 28.3 Å². The van der Waals surface area contributed by atoms with E-state index in [1.807, 2.05) is 0 Å². The van der Waals surface area contributed by atoms with E-state index >= 15 is 0 Å². The molecule has 0 radical (unpaired) electrons. The summed E-state index contributed by atoms with van der Waals surface area (Å²) in [6, 6.07) is 3.07. The minimum absolute atomic E-state index is 0.119. The summed E-state index contributed by atoms with van der Waals surface area (Å²) in [5.74, 6) is -3.76. The molecule has 0 aliphatic heterocycles. The first-order valence-corrected chi connectivity index (χ1v) is 6.55. The number of hydrogen-bond donors (Lipinski definition) is 1. The molecular formula is C12H9F2N3O3S. The van der Waals surface area contributed by atoms with Crippen LogP contribution in [0.3, 0.4) is 0 Å². The average molecular weight is 313 g/mol. The zero-order valence-electron chi connectivity index (χ0n) is 10.7. The van der Waals surface area contributed by atoms with E-state index in [1.54, 1.807) is 0 Å². The van der Waals surface area contributed by atoms with Gasteiger partial charge in [-0.25, -0.2) is 8.78 Å². The Labute approximate surface area is 121 Å². The van der Waals surface area contributed by atoms with Gasteiger partial charge in [0.1, 0.15) is 17.1 Å². The number of halogens is 2. The highest BCUT2D eigenvalue weighted by Crippen LogP contribution is 2.26. The zero-order chi connectivity index (χ0) is 15.4.